The highest BCUT2D eigenvalue weighted by Gasteiger charge is 2.11. The number of nitrogens with one attached hydrogen (secondary N) is 2. The second-order valence-electron chi connectivity index (χ2n) is 4.39. The molecule has 0 spiro atoms. The van der Waals surface area contributed by atoms with E-state index in [-0.39, 0.29) is 11.8 Å². The zero-order valence-electron chi connectivity index (χ0n) is 11.4. The fourth-order valence-electron chi connectivity index (χ4n) is 1.68. The summed E-state index contributed by atoms with van der Waals surface area (Å²) in [5, 5.41) is 5.34. The van der Waals surface area contributed by atoms with Crippen LogP contribution in [0.25, 0.3) is 0 Å². The van der Waals surface area contributed by atoms with Gasteiger partial charge in [0.1, 0.15) is 0 Å². The van der Waals surface area contributed by atoms with E-state index in [0.717, 1.165) is 12.0 Å². The van der Waals surface area contributed by atoms with Gasteiger partial charge in [-0.1, -0.05) is 25.5 Å². The molecule has 0 saturated heterocycles. The second-order valence-corrected chi connectivity index (χ2v) is 4.39. The van der Waals surface area contributed by atoms with E-state index in [4.69, 9.17) is 5.73 Å². The summed E-state index contributed by atoms with van der Waals surface area (Å²) in [4.78, 5) is 23.0. The van der Waals surface area contributed by atoms with E-state index < -0.39 is 6.04 Å². The van der Waals surface area contributed by atoms with Gasteiger partial charge in [-0.05, 0) is 24.1 Å². The van der Waals surface area contributed by atoms with Gasteiger partial charge in [-0.25, -0.2) is 0 Å². The standard InChI is InChI=1S/C14H21N3O2/c1-3-4-12(15)14(19)17-9-10-5-7-11(8-6-10)13(18)16-2/h5-8,12H,3-4,9,15H2,1-2H3,(H,16,18)(H,17,19). The molecule has 0 aromatic heterocycles. The van der Waals surface area contributed by atoms with Crippen LogP contribution in [0.4, 0.5) is 0 Å². The Morgan fingerprint density at radius 1 is 1.26 bits per heavy atom. The maximum atomic E-state index is 11.6. The van der Waals surface area contributed by atoms with Crippen LogP contribution in [0.1, 0.15) is 35.7 Å². The molecule has 1 aromatic carbocycles. The van der Waals surface area contributed by atoms with E-state index in [1.807, 2.05) is 19.1 Å². The molecule has 1 atom stereocenters. The number of carbonyl (C=O) groups excluding carboxylic acids is 2. The first kappa shape index (κ1) is 15.2. The van der Waals surface area contributed by atoms with Crippen LogP contribution in [-0.2, 0) is 11.3 Å². The third kappa shape index (κ3) is 4.71. The Morgan fingerprint density at radius 3 is 2.42 bits per heavy atom. The lowest BCUT2D eigenvalue weighted by atomic mass is 10.1. The van der Waals surface area contributed by atoms with E-state index >= 15 is 0 Å². The van der Waals surface area contributed by atoms with Crippen molar-refractivity contribution in [1.82, 2.24) is 10.6 Å². The highest BCUT2D eigenvalue weighted by molar-refractivity contribution is 5.93. The molecule has 0 aliphatic rings. The van der Waals surface area contributed by atoms with Crippen LogP contribution in [0.2, 0.25) is 0 Å². The number of nitrogens with two attached hydrogens (primary N) is 1. The summed E-state index contributed by atoms with van der Waals surface area (Å²) in [6.45, 7) is 2.41. The summed E-state index contributed by atoms with van der Waals surface area (Å²) in [6, 6.07) is 6.64. The topological polar surface area (TPSA) is 84.2 Å². The molecule has 0 heterocycles. The van der Waals surface area contributed by atoms with Gasteiger partial charge >= 0.3 is 0 Å². The highest BCUT2D eigenvalue weighted by atomic mass is 16.2. The predicted molar refractivity (Wildman–Crippen MR) is 74.6 cm³/mol. The Bertz CT molecular complexity index is 429. The minimum Gasteiger partial charge on any atom is -0.355 e. The number of benzene rings is 1. The van der Waals surface area contributed by atoms with Crippen molar-refractivity contribution in [3.05, 3.63) is 35.4 Å². The quantitative estimate of drug-likeness (QED) is 0.709. The lowest BCUT2D eigenvalue weighted by Crippen LogP contribution is -2.40. The van der Waals surface area contributed by atoms with E-state index in [0.29, 0.717) is 18.5 Å². The Hall–Kier alpha value is -1.88. The van der Waals surface area contributed by atoms with Crippen LogP contribution in [0, 0.1) is 0 Å². The van der Waals surface area contributed by atoms with Gasteiger partial charge in [0.15, 0.2) is 0 Å². The van der Waals surface area contributed by atoms with E-state index in [9.17, 15) is 9.59 Å². The molecule has 1 rings (SSSR count). The van der Waals surface area contributed by atoms with Crippen LogP contribution in [0.3, 0.4) is 0 Å². The molecular formula is C14H21N3O2. The van der Waals surface area contributed by atoms with Gasteiger partial charge in [-0.2, -0.15) is 0 Å². The summed E-state index contributed by atoms with van der Waals surface area (Å²) < 4.78 is 0. The van der Waals surface area contributed by atoms with Crippen molar-refractivity contribution in [1.29, 1.82) is 0 Å². The summed E-state index contributed by atoms with van der Waals surface area (Å²) in [5.41, 5.74) is 7.24. The molecule has 0 saturated carbocycles. The lowest BCUT2D eigenvalue weighted by Gasteiger charge is -2.11. The van der Waals surface area contributed by atoms with Gasteiger partial charge in [-0.15, -0.1) is 0 Å². The highest BCUT2D eigenvalue weighted by Crippen LogP contribution is 2.04. The third-order valence-corrected chi connectivity index (χ3v) is 2.85. The van der Waals surface area contributed by atoms with Crippen molar-refractivity contribution < 1.29 is 9.59 Å². The predicted octanol–water partition coefficient (Wildman–Crippen LogP) is 0.790. The smallest absolute Gasteiger partial charge is 0.251 e. The zero-order valence-corrected chi connectivity index (χ0v) is 11.4. The fourth-order valence-corrected chi connectivity index (χ4v) is 1.68. The molecule has 0 bridgehead atoms. The van der Waals surface area contributed by atoms with Crippen molar-refractivity contribution in [2.24, 2.45) is 5.73 Å². The minimum atomic E-state index is -0.449. The number of hydrogen-bond donors (Lipinski definition) is 3. The summed E-state index contributed by atoms with van der Waals surface area (Å²) in [5.74, 6) is -0.266. The molecule has 5 nitrogen and oxygen atoms in total. The first-order valence-corrected chi connectivity index (χ1v) is 6.42. The largest absolute Gasteiger partial charge is 0.355 e. The van der Waals surface area contributed by atoms with E-state index in [2.05, 4.69) is 10.6 Å². The van der Waals surface area contributed by atoms with E-state index in [1.54, 1.807) is 19.2 Å². The third-order valence-electron chi connectivity index (χ3n) is 2.85. The van der Waals surface area contributed by atoms with Gasteiger partial charge in [-0.3, -0.25) is 9.59 Å². The average Bonchev–Trinajstić information content (AvgIpc) is 2.44. The summed E-state index contributed by atoms with van der Waals surface area (Å²) in [7, 11) is 1.59. The van der Waals surface area contributed by atoms with Crippen LogP contribution >= 0.6 is 0 Å². The normalized spacial score (nSPS) is 11.7. The lowest BCUT2D eigenvalue weighted by molar-refractivity contribution is -0.122. The minimum absolute atomic E-state index is 0.124. The molecule has 104 valence electrons. The second kappa shape index (κ2) is 7.53. The molecule has 0 radical (unpaired) electrons. The number of hydrogen-bond acceptors (Lipinski definition) is 3. The van der Waals surface area contributed by atoms with Crippen LogP contribution in [-0.4, -0.2) is 24.9 Å². The molecule has 1 unspecified atom stereocenters. The van der Waals surface area contributed by atoms with Crippen LogP contribution < -0.4 is 16.4 Å². The molecule has 0 fully saturated rings. The summed E-state index contributed by atoms with van der Waals surface area (Å²) in [6.07, 6.45) is 1.57. The van der Waals surface area contributed by atoms with E-state index in [1.165, 1.54) is 0 Å². The molecule has 0 aliphatic carbocycles. The van der Waals surface area contributed by atoms with Crippen LogP contribution in [0.5, 0.6) is 0 Å². The van der Waals surface area contributed by atoms with Gasteiger partial charge in [0.25, 0.3) is 5.91 Å². The Kier molecular flexibility index (Phi) is 6.02. The molecule has 19 heavy (non-hydrogen) atoms. The number of amides is 2. The van der Waals surface area contributed by atoms with Gasteiger partial charge in [0.05, 0.1) is 6.04 Å². The first-order valence-electron chi connectivity index (χ1n) is 6.42. The fraction of sp³-hybridized carbons (Fsp3) is 0.429. The SMILES string of the molecule is CCCC(N)C(=O)NCc1ccc(C(=O)NC)cc1. The molecular weight excluding hydrogens is 242 g/mol. The van der Waals surface area contributed by atoms with Crippen molar-refractivity contribution in [3.63, 3.8) is 0 Å². The molecule has 2 amide bonds. The Balaban J connectivity index is 2.50. The van der Waals surface area contributed by atoms with Crippen molar-refractivity contribution >= 4 is 11.8 Å². The van der Waals surface area contributed by atoms with Gasteiger partial charge in [0.2, 0.25) is 5.91 Å². The average molecular weight is 263 g/mol. The van der Waals surface area contributed by atoms with Crippen LogP contribution in [0.15, 0.2) is 24.3 Å². The Labute approximate surface area is 113 Å². The Morgan fingerprint density at radius 2 is 1.89 bits per heavy atom. The van der Waals surface area contributed by atoms with Gasteiger partial charge < -0.3 is 16.4 Å². The maximum absolute atomic E-state index is 11.6. The van der Waals surface area contributed by atoms with Crippen molar-refractivity contribution in [3.8, 4) is 0 Å². The monoisotopic (exact) mass is 263 g/mol. The first-order chi connectivity index (χ1) is 9.08. The molecule has 5 heteroatoms. The molecule has 1 aromatic rings. The van der Waals surface area contributed by atoms with Crippen molar-refractivity contribution in [2.75, 3.05) is 7.05 Å². The maximum Gasteiger partial charge on any atom is 0.251 e. The van der Waals surface area contributed by atoms with Crippen molar-refractivity contribution in [2.45, 2.75) is 32.4 Å². The molecule has 0 aliphatic heterocycles. The zero-order chi connectivity index (χ0) is 14.3. The number of carbonyl (C=O) groups is 2. The molecule has 4 N–H and O–H groups in total. The summed E-state index contributed by atoms with van der Waals surface area (Å²) >= 11 is 0. The van der Waals surface area contributed by atoms with Gasteiger partial charge in [0, 0.05) is 19.2 Å². The number of rotatable bonds is 6.